The fourth-order valence-electron chi connectivity index (χ4n) is 2.94. The molecule has 2 aromatic carbocycles. The van der Waals surface area contributed by atoms with Crippen molar-refractivity contribution in [1.82, 2.24) is 19.6 Å². The van der Waals surface area contributed by atoms with Crippen LogP contribution in [0.5, 0.6) is 0 Å². The first-order valence-corrected chi connectivity index (χ1v) is 8.74. The zero-order valence-corrected chi connectivity index (χ0v) is 15.4. The third-order valence-electron chi connectivity index (χ3n) is 4.46. The molecule has 1 amide bonds. The number of amides is 1. The van der Waals surface area contributed by atoms with Crippen molar-refractivity contribution in [2.45, 2.75) is 6.92 Å². The minimum atomic E-state index is -0.347. The van der Waals surface area contributed by atoms with Crippen molar-refractivity contribution < 1.29 is 9.18 Å². The Labute approximate surface area is 161 Å². The first kappa shape index (κ1) is 17.7. The van der Waals surface area contributed by atoms with Crippen LogP contribution in [0.3, 0.4) is 0 Å². The molecule has 1 N–H and O–H groups in total. The Morgan fingerprint density at radius 2 is 1.79 bits per heavy atom. The van der Waals surface area contributed by atoms with Crippen LogP contribution in [0.1, 0.15) is 16.1 Å². The van der Waals surface area contributed by atoms with Crippen molar-refractivity contribution in [2.75, 3.05) is 5.32 Å². The number of aryl methyl sites for hydroxylation is 2. The average molecular weight is 375 g/mol. The van der Waals surface area contributed by atoms with Crippen molar-refractivity contribution in [3.05, 3.63) is 83.9 Å². The third kappa shape index (κ3) is 3.42. The summed E-state index contributed by atoms with van der Waals surface area (Å²) < 4.78 is 16.2. The summed E-state index contributed by atoms with van der Waals surface area (Å²) in [6, 6.07) is 17.3. The minimum Gasteiger partial charge on any atom is -0.305 e. The molecular formula is C21H18FN5O. The van der Waals surface area contributed by atoms with Gasteiger partial charge < -0.3 is 5.32 Å². The highest BCUT2D eigenvalue weighted by Gasteiger charge is 2.15. The number of hydrogen-bond acceptors (Lipinski definition) is 3. The van der Waals surface area contributed by atoms with Gasteiger partial charge in [-0.1, -0.05) is 24.3 Å². The lowest BCUT2D eigenvalue weighted by atomic mass is 10.1. The minimum absolute atomic E-state index is 0.253. The van der Waals surface area contributed by atoms with Gasteiger partial charge in [0, 0.05) is 24.9 Å². The summed E-state index contributed by atoms with van der Waals surface area (Å²) in [6.45, 7) is 2.02. The average Bonchev–Trinajstić information content (AvgIpc) is 3.30. The zero-order chi connectivity index (χ0) is 19.7. The molecule has 2 heterocycles. The third-order valence-corrected chi connectivity index (χ3v) is 4.46. The Bertz CT molecular complexity index is 1140. The van der Waals surface area contributed by atoms with Crippen LogP contribution >= 0.6 is 0 Å². The van der Waals surface area contributed by atoms with Gasteiger partial charge in [0.05, 0.1) is 11.4 Å². The Balaban J connectivity index is 1.55. The Kier molecular flexibility index (Phi) is 4.49. The van der Waals surface area contributed by atoms with E-state index in [9.17, 15) is 9.18 Å². The van der Waals surface area contributed by atoms with E-state index in [0.29, 0.717) is 11.5 Å². The van der Waals surface area contributed by atoms with Gasteiger partial charge in [0.15, 0.2) is 5.69 Å². The number of aromatic nitrogens is 4. The van der Waals surface area contributed by atoms with Crippen LogP contribution in [-0.4, -0.2) is 25.5 Å². The summed E-state index contributed by atoms with van der Waals surface area (Å²) in [5.74, 6) is -0.102. The Morgan fingerprint density at radius 3 is 2.54 bits per heavy atom. The molecule has 0 saturated heterocycles. The van der Waals surface area contributed by atoms with Gasteiger partial charge in [-0.05, 0) is 42.8 Å². The predicted octanol–water partition coefficient (Wildman–Crippen LogP) is 3.97. The molecule has 4 aromatic rings. The van der Waals surface area contributed by atoms with E-state index in [0.717, 1.165) is 16.8 Å². The summed E-state index contributed by atoms with van der Waals surface area (Å²) in [5.41, 5.74) is 3.83. The summed E-state index contributed by atoms with van der Waals surface area (Å²) in [6.07, 6.45) is 1.66. The van der Waals surface area contributed by atoms with E-state index in [1.807, 2.05) is 37.3 Å². The van der Waals surface area contributed by atoms with Crippen LogP contribution in [0, 0.1) is 12.7 Å². The fourth-order valence-corrected chi connectivity index (χ4v) is 2.94. The summed E-state index contributed by atoms with van der Waals surface area (Å²) >= 11 is 0. The normalized spacial score (nSPS) is 10.8. The molecule has 0 bridgehead atoms. The number of halogens is 1. The van der Waals surface area contributed by atoms with E-state index < -0.39 is 0 Å². The lowest BCUT2D eigenvalue weighted by molar-refractivity contribution is 0.102. The lowest BCUT2D eigenvalue weighted by Crippen LogP contribution is -2.15. The second-order valence-electron chi connectivity index (χ2n) is 6.43. The molecule has 0 radical (unpaired) electrons. The topological polar surface area (TPSA) is 64.7 Å². The smallest absolute Gasteiger partial charge is 0.277 e. The van der Waals surface area contributed by atoms with Crippen LogP contribution in [0.4, 0.5) is 10.2 Å². The number of rotatable bonds is 4. The maximum atomic E-state index is 13.1. The first-order valence-electron chi connectivity index (χ1n) is 8.74. The van der Waals surface area contributed by atoms with Gasteiger partial charge in [-0.2, -0.15) is 10.2 Å². The highest BCUT2D eigenvalue weighted by molar-refractivity contribution is 6.02. The number of carbonyl (C=O) groups is 1. The molecule has 2 aromatic heterocycles. The molecular weight excluding hydrogens is 357 g/mol. The van der Waals surface area contributed by atoms with Crippen molar-refractivity contribution in [3.8, 4) is 16.9 Å². The number of anilines is 1. The highest BCUT2D eigenvalue weighted by atomic mass is 19.1. The maximum Gasteiger partial charge on any atom is 0.277 e. The molecule has 0 unspecified atom stereocenters. The standard InChI is InChI=1S/C21H18FN5O/c1-14-5-3-4-6-17(14)19-13-20(26(2)24-19)23-21(28)18-11-12-27(25-18)16-9-7-15(22)8-10-16/h3-13H,1-2H3,(H,23,28). The van der Waals surface area contributed by atoms with E-state index >= 15 is 0 Å². The quantitative estimate of drug-likeness (QED) is 0.587. The molecule has 0 spiro atoms. The Hall–Kier alpha value is -3.74. The fraction of sp³-hybridized carbons (Fsp3) is 0.0952. The molecule has 6 nitrogen and oxygen atoms in total. The van der Waals surface area contributed by atoms with Gasteiger partial charge >= 0.3 is 0 Å². The Morgan fingerprint density at radius 1 is 1.04 bits per heavy atom. The highest BCUT2D eigenvalue weighted by Crippen LogP contribution is 2.24. The molecule has 7 heteroatoms. The summed E-state index contributed by atoms with van der Waals surface area (Å²) in [5, 5.41) is 11.6. The van der Waals surface area contributed by atoms with E-state index in [-0.39, 0.29) is 17.4 Å². The van der Waals surface area contributed by atoms with Gasteiger partial charge in [-0.15, -0.1) is 0 Å². The van der Waals surface area contributed by atoms with Crippen LogP contribution in [0.25, 0.3) is 16.9 Å². The largest absolute Gasteiger partial charge is 0.305 e. The van der Waals surface area contributed by atoms with Crippen LogP contribution in [-0.2, 0) is 7.05 Å². The molecule has 0 aliphatic heterocycles. The summed E-state index contributed by atoms with van der Waals surface area (Å²) in [4.78, 5) is 12.6. The van der Waals surface area contributed by atoms with E-state index in [2.05, 4.69) is 15.5 Å². The van der Waals surface area contributed by atoms with Crippen molar-refractivity contribution in [1.29, 1.82) is 0 Å². The van der Waals surface area contributed by atoms with Crippen LogP contribution in [0.2, 0.25) is 0 Å². The van der Waals surface area contributed by atoms with E-state index in [4.69, 9.17) is 0 Å². The number of benzene rings is 2. The molecule has 4 rings (SSSR count). The van der Waals surface area contributed by atoms with Gasteiger partial charge in [0.2, 0.25) is 0 Å². The van der Waals surface area contributed by atoms with E-state index in [1.54, 1.807) is 36.1 Å². The first-order chi connectivity index (χ1) is 13.5. The predicted molar refractivity (Wildman–Crippen MR) is 105 cm³/mol. The van der Waals surface area contributed by atoms with Gasteiger partial charge in [-0.25, -0.2) is 9.07 Å². The van der Waals surface area contributed by atoms with Crippen LogP contribution in [0.15, 0.2) is 66.9 Å². The van der Waals surface area contributed by atoms with Crippen LogP contribution < -0.4 is 5.32 Å². The zero-order valence-electron chi connectivity index (χ0n) is 15.4. The SMILES string of the molecule is Cc1ccccc1-c1cc(NC(=O)c2ccn(-c3ccc(F)cc3)n2)n(C)n1. The number of carbonyl (C=O) groups excluding carboxylic acids is 1. The number of nitrogens with zero attached hydrogens (tertiary/aromatic N) is 4. The molecule has 0 aliphatic carbocycles. The lowest BCUT2D eigenvalue weighted by Gasteiger charge is -2.03. The number of hydrogen-bond donors (Lipinski definition) is 1. The molecule has 0 saturated carbocycles. The molecule has 0 atom stereocenters. The van der Waals surface area contributed by atoms with Gasteiger partial charge in [-0.3, -0.25) is 9.48 Å². The molecule has 0 aliphatic rings. The summed E-state index contributed by atoms with van der Waals surface area (Å²) in [7, 11) is 1.77. The second-order valence-corrected chi connectivity index (χ2v) is 6.43. The molecule has 28 heavy (non-hydrogen) atoms. The number of nitrogens with one attached hydrogen (secondary N) is 1. The second kappa shape index (κ2) is 7.11. The molecule has 0 fully saturated rings. The monoisotopic (exact) mass is 375 g/mol. The van der Waals surface area contributed by atoms with Crippen molar-refractivity contribution in [2.24, 2.45) is 7.05 Å². The maximum absolute atomic E-state index is 13.1. The molecule has 140 valence electrons. The van der Waals surface area contributed by atoms with Crippen molar-refractivity contribution in [3.63, 3.8) is 0 Å². The van der Waals surface area contributed by atoms with Gasteiger partial charge in [0.25, 0.3) is 5.91 Å². The van der Waals surface area contributed by atoms with Crippen molar-refractivity contribution >= 4 is 11.7 Å². The van der Waals surface area contributed by atoms with E-state index in [1.165, 1.54) is 16.8 Å². The van der Waals surface area contributed by atoms with Gasteiger partial charge in [0.1, 0.15) is 11.6 Å².